The maximum atomic E-state index is 11.4. The van der Waals surface area contributed by atoms with Gasteiger partial charge in [0.05, 0.1) is 6.54 Å². The average Bonchev–Trinajstić information content (AvgIpc) is 2.08. The van der Waals surface area contributed by atoms with E-state index in [2.05, 4.69) is 6.58 Å². The van der Waals surface area contributed by atoms with Crippen LogP contribution in [0.2, 0.25) is 0 Å². The monoisotopic (exact) mass is 202 g/mol. The summed E-state index contributed by atoms with van der Waals surface area (Å²) in [4.78, 5) is 13.1. The molecule has 74 valence electrons. The molecule has 0 spiro atoms. The van der Waals surface area contributed by atoms with Gasteiger partial charge in [0.2, 0.25) is 5.91 Å². The van der Waals surface area contributed by atoms with Crippen molar-refractivity contribution in [1.29, 1.82) is 0 Å². The molecule has 0 aromatic carbocycles. The van der Waals surface area contributed by atoms with Gasteiger partial charge in [-0.15, -0.1) is 0 Å². The minimum Gasteiger partial charge on any atom is -0.337 e. The third kappa shape index (κ3) is 3.01. The van der Waals surface area contributed by atoms with Crippen LogP contribution < -0.4 is 5.73 Å². The molecule has 0 aliphatic carbocycles. The minimum atomic E-state index is 0.159. The molecule has 0 saturated carbocycles. The van der Waals surface area contributed by atoms with Crippen LogP contribution in [0.3, 0.4) is 0 Å². The van der Waals surface area contributed by atoms with Gasteiger partial charge < -0.3 is 10.6 Å². The van der Waals surface area contributed by atoms with E-state index >= 15 is 0 Å². The molecule has 1 amide bonds. The smallest absolute Gasteiger partial charge is 0.222 e. The molecule has 2 N–H and O–H groups in total. The van der Waals surface area contributed by atoms with Crippen molar-refractivity contribution in [3.8, 4) is 0 Å². The Morgan fingerprint density at radius 2 is 2.46 bits per heavy atom. The van der Waals surface area contributed by atoms with Crippen LogP contribution in [0.25, 0.3) is 0 Å². The van der Waals surface area contributed by atoms with Gasteiger partial charge in [0.25, 0.3) is 0 Å². The summed E-state index contributed by atoms with van der Waals surface area (Å²) in [5.41, 5.74) is 5.55. The first kappa shape index (κ1) is 10.5. The number of amides is 1. The zero-order chi connectivity index (χ0) is 9.84. The van der Waals surface area contributed by atoms with Gasteiger partial charge >= 0.3 is 0 Å². The summed E-state index contributed by atoms with van der Waals surface area (Å²) in [5, 5.41) is 0.506. The molecule has 1 atom stereocenters. The van der Waals surface area contributed by atoms with Gasteiger partial charge in [-0.05, 0) is 18.9 Å². The molecule has 3 nitrogen and oxygen atoms in total. The second kappa shape index (κ2) is 4.63. The Morgan fingerprint density at radius 3 is 3.00 bits per heavy atom. The van der Waals surface area contributed by atoms with Gasteiger partial charge in [0.1, 0.15) is 0 Å². The molecule has 1 unspecified atom stereocenters. The number of carbonyl (C=O) groups is 1. The van der Waals surface area contributed by atoms with E-state index in [4.69, 9.17) is 17.3 Å². The van der Waals surface area contributed by atoms with E-state index in [9.17, 15) is 4.79 Å². The number of likely N-dealkylation sites (tertiary alicyclic amines) is 1. The van der Waals surface area contributed by atoms with Gasteiger partial charge in [-0.25, -0.2) is 0 Å². The Morgan fingerprint density at radius 1 is 1.77 bits per heavy atom. The number of nitrogens with zero attached hydrogens (tertiary/aromatic N) is 1. The van der Waals surface area contributed by atoms with Gasteiger partial charge in [-0.2, -0.15) is 0 Å². The van der Waals surface area contributed by atoms with E-state index in [0.717, 1.165) is 13.0 Å². The summed E-state index contributed by atoms with van der Waals surface area (Å²) in [6.07, 6.45) is 1.49. The number of hydrogen-bond acceptors (Lipinski definition) is 2. The van der Waals surface area contributed by atoms with Crippen LogP contribution >= 0.6 is 11.6 Å². The molecule has 0 bridgehead atoms. The van der Waals surface area contributed by atoms with E-state index in [1.165, 1.54) is 0 Å². The van der Waals surface area contributed by atoms with Crippen molar-refractivity contribution in [1.82, 2.24) is 4.90 Å². The van der Waals surface area contributed by atoms with Crippen molar-refractivity contribution < 1.29 is 4.79 Å². The summed E-state index contributed by atoms with van der Waals surface area (Å²) in [6.45, 7) is 5.39. The highest BCUT2D eigenvalue weighted by Gasteiger charge is 2.24. The molecular weight excluding hydrogens is 188 g/mol. The molecule has 1 aliphatic rings. The number of carbonyl (C=O) groups excluding carboxylic acids is 1. The minimum absolute atomic E-state index is 0.159. The molecule has 1 saturated heterocycles. The van der Waals surface area contributed by atoms with Crippen molar-refractivity contribution >= 4 is 17.5 Å². The van der Waals surface area contributed by atoms with Crippen molar-refractivity contribution in [2.24, 2.45) is 11.7 Å². The predicted octanol–water partition coefficient (Wildman–Crippen LogP) is 0.936. The largest absolute Gasteiger partial charge is 0.337 e. The Bertz CT molecular complexity index is 218. The zero-order valence-electron chi connectivity index (χ0n) is 7.63. The first-order chi connectivity index (χ1) is 6.13. The number of rotatable bonds is 3. The van der Waals surface area contributed by atoms with Crippen LogP contribution in [-0.2, 0) is 4.79 Å². The fraction of sp³-hybridized carbons (Fsp3) is 0.667. The van der Waals surface area contributed by atoms with Crippen LogP contribution in [0.5, 0.6) is 0 Å². The standard InChI is InChI=1S/C9H15ClN2O/c1-7(10)5-12-6-8(4-11)2-3-9(12)13/h8H,1-6,11H2. The molecule has 13 heavy (non-hydrogen) atoms. The number of halogens is 1. The van der Waals surface area contributed by atoms with E-state index in [1.54, 1.807) is 4.90 Å². The van der Waals surface area contributed by atoms with Crippen molar-refractivity contribution in [2.45, 2.75) is 12.8 Å². The highest BCUT2D eigenvalue weighted by molar-refractivity contribution is 6.29. The second-order valence-corrected chi connectivity index (χ2v) is 3.97. The molecule has 1 aliphatic heterocycles. The zero-order valence-corrected chi connectivity index (χ0v) is 8.39. The Hall–Kier alpha value is -0.540. The van der Waals surface area contributed by atoms with Gasteiger partial charge in [-0.3, -0.25) is 4.79 Å². The van der Waals surface area contributed by atoms with Crippen molar-refractivity contribution in [3.63, 3.8) is 0 Å². The van der Waals surface area contributed by atoms with E-state index < -0.39 is 0 Å². The van der Waals surface area contributed by atoms with Gasteiger partial charge in [-0.1, -0.05) is 18.2 Å². The van der Waals surface area contributed by atoms with Gasteiger partial charge in [0, 0.05) is 18.0 Å². The lowest BCUT2D eigenvalue weighted by Crippen LogP contribution is -2.42. The van der Waals surface area contributed by atoms with E-state index in [1.807, 2.05) is 0 Å². The molecule has 0 radical (unpaired) electrons. The first-order valence-electron chi connectivity index (χ1n) is 4.44. The van der Waals surface area contributed by atoms with Crippen LogP contribution in [0, 0.1) is 5.92 Å². The fourth-order valence-electron chi connectivity index (χ4n) is 1.54. The summed E-state index contributed by atoms with van der Waals surface area (Å²) in [6, 6.07) is 0. The molecule has 4 heteroatoms. The third-order valence-electron chi connectivity index (χ3n) is 2.29. The van der Waals surface area contributed by atoms with E-state index in [0.29, 0.717) is 30.5 Å². The van der Waals surface area contributed by atoms with Crippen molar-refractivity contribution in [2.75, 3.05) is 19.6 Å². The lowest BCUT2D eigenvalue weighted by molar-refractivity contribution is -0.134. The Labute approximate surface area is 83.5 Å². The molecular formula is C9H15ClN2O. The summed E-state index contributed by atoms with van der Waals surface area (Å²) < 4.78 is 0. The predicted molar refractivity (Wildman–Crippen MR) is 53.4 cm³/mol. The summed E-state index contributed by atoms with van der Waals surface area (Å²) in [7, 11) is 0. The molecule has 1 heterocycles. The fourth-order valence-corrected chi connectivity index (χ4v) is 1.69. The maximum absolute atomic E-state index is 11.4. The molecule has 1 fully saturated rings. The lowest BCUT2D eigenvalue weighted by atomic mass is 9.98. The molecule has 0 aromatic heterocycles. The normalized spacial score (nSPS) is 23.4. The first-order valence-corrected chi connectivity index (χ1v) is 4.82. The van der Waals surface area contributed by atoms with E-state index in [-0.39, 0.29) is 5.91 Å². The molecule has 0 aromatic rings. The Kier molecular flexibility index (Phi) is 3.75. The summed E-state index contributed by atoms with van der Waals surface area (Å²) >= 11 is 5.65. The maximum Gasteiger partial charge on any atom is 0.222 e. The van der Waals surface area contributed by atoms with Gasteiger partial charge in [0.15, 0.2) is 0 Å². The van der Waals surface area contributed by atoms with Crippen LogP contribution in [-0.4, -0.2) is 30.4 Å². The van der Waals surface area contributed by atoms with Crippen LogP contribution in [0.4, 0.5) is 0 Å². The highest BCUT2D eigenvalue weighted by Crippen LogP contribution is 2.17. The van der Waals surface area contributed by atoms with Crippen LogP contribution in [0.15, 0.2) is 11.6 Å². The average molecular weight is 203 g/mol. The highest BCUT2D eigenvalue weighted by atomic mass is 35.5. The number of piperidine rings is 1. The Balaban J connectivity index is 2.49. The van der Waals surface area contributed by atoms with Crippen molar-refractivity contribution in [3.05, 3.63) is 11.6 Å². The third-order valence-corrected chi connectivity index (χ3v) is 2.41. The number of nitrogens with two attached hydrogens (primary N) is 1. The second-order valence-electron chi connectivity index (χ2n) is 3.43. The quantitative estimate of drug-likeness (QED) is 0.741. The SMILES string of the molecule is C=C(Cl)CN1CC(CN)CCC1=O. The summed E-state index contributed by atoms with van der Waals surface area (Å²) in [5.74, 6) is 0.584. The topological polar surface area (TPSA) is 46.3 Å². The lowest BCUT2D eigenvalue weighted by Gasteiger charge is -2.31. The number of hydrogen-bond donors (Lipinski definition) is 1. The molecule has 1 rings (SSSR count). The van der Waals surface area contributed by atoms with Crippen LogP contribution in [0.1, 0.15) is 12.8 Å².